The number of aromatic nitrogens is 2. The highest BCUT2D eigenvalue weighted by molar-refractivity contribution is 7.71. The van der Waals surface area contributed by atoms with Gasteiger partial charge in [0.15, 0.2) is 4.77 Å². The number of imidazole rings is 1. The SMILES string of the molecule is O=C1NCc2cc(-c3ccc4c(c3)=CC(=Cc3[nH]c(=S)[nH]c3O)N=4)ccc21. The first-order valence-corrected chi connectivity index (χ1v) is 8.83. The zero-order valence-electron chi connectivity index (χ0n) is 14.0. The van der Waals surface area contributed by atoms with Gasteiger partial charge in [-0.3, -0.25) is 4.79 Å². The quantitative estimate of drug-likeness (QED) is 0.518. The van der Waals surface area contributed by atoms with E-state index in [0.717, 1.165) is 38.5 Å². The van der Waals surface area contributed by atoms with Crippen molar-refractivity contribution in [2.45, 2.75) is 6.54 Å². The molecular formula is C20H14N4O2S. The van der Waals surface area contributed by atoms with Crippen LogP contribution in [0.15, 0.2) is 47.1 Å². The lowest BCUT2D eigenvalue weighted by molar-refractivity contribution is 0.0966. The van der Waals surface area contributed by atoms with Crippen LogP contribution in [0.4, 0.5) is 0 Å². The van der Waals surface area contributed by atoms with Gasteiger partial charge >= 0.3 is 0 Å². The zero-order chi connectivity index (χ0) is 18.5. The Morgan fingerprint density at radius 1 is 1.11 bits per heavy atom. The lowest BCUT2D eigenvalue weighted by atomic mass is 10.00. The average Bonchev–Trinajstić information content (AvgIpc) is 3.31. The van der Waals surface area contributed by atoms with E-state index < -0.39 is 0 Å². The number of allylic oxidation sites excluding steroid dienone is 1. The number of fused-ring (bicyclic) bond motifs is 2. The molecule has 7 heteroatoms. The summed E-state index contributed by atoms with van der Waals surface area (Å²) < 4.78 is 0.363. The van der Waals surface area contributed by atoms with Crippen molar-refractivity contribution in [3.8, 4) is 17.0 Å². The van der Waals surface area contributed by atoms with Gasteiger partial charge < -0.3 is 20.4 Å². The maximum absolute atomic E-state index is 11.7. The molecule has 1 amide bonds. The minimum atomic E-state index is -0.0144. The predicted octanol–water partition coefficient (Wildman–Crippen LogP) is 2.14. The highest BCUT2D eigenvalue weighted by Crippen LogP contribution is 2.24. The fourth-order valence-corrected chi connectivity index (χ4v) is 3.61. The van der Waals surface area contributed by atoms with E-state index in [9.17, 15) is 9.90 Å². The average molecular weight is 374 g/mol. The third-order valence-electron chi connectivity index (χ3n) is 4.73. The molecule has 5 rings (SSSR count). The van der Waals surface area contributed by atoms with E-state index in [1.54, 1.807) is 6.08 Å². The summed E-state index contributed by atoms with van der Waals surface area (Å²) in [4.78, 5) is 21.8. The van der Waals surface area contributed by atoms with Crippen LogP contribution in [0.5, 0.6) is 5.88 Å². The van der Waals surface area contributed by atoms with E-state index in [1.807, 2.05) is 30.3 Å². The third kappa shape index (κ3) is 2.69. The van der Waals surface area contributed by atoms with Gasteiger partial charge in [0.05, 0.1) is 11.1 Å². The van der Waals surface area contributed by atoms with Gasteiger partial charge in [-0.2, -0.15) is 0 Å². The molecular weight excluding hydrogens is 360 g/mol. The highest BCUT2D eigenvalue weighted by Gasteiger charge is 2.18. The van der Waals surface area contributed by atoms with Crippen molar-refractivity contribution in [3.05, 3.63) is 74.3 Å². The summed E-state index contributed by atoms with van der Waals surface area (Å²) in [6, 6.07) is 12.0. The maximum Gasteiger partial charge on any atom is 0.251 e. The molecule has 3 heterocycles. The molecule has 0 saturated carbocycles. The van der Waals surface area contributed by atoms with E-state index in [-0.39, 0.29) is 11.8 Å². The highest BCUT2D eigenvalue weighted by atomic mass is 32.1. The molecule has 0 atom stereocenters. The Labute approximate surface area is 158 Å². The van der Waals surface area contributed by atoms with Crippen molar-refractivity contribution in [3.63, 3.8) is 0 Å². The normalized spacial score (nSPS) is 15.9. The number of hydrogen-bond acceptors (Lipinski definition) is 4. The maximum atomic E-state index is 11.7. The van der Waals surface area contributed by atoms with Gasteiger partial charge in [-0.25, -0.2) is 4.99 Å². The van der Waals surface area contributed by atoms with Gasteiger partial charge in [-0.05, 0) is 65.3 Å². The molecule has 2 aliphatic rings. The molecule has 0 radical (unpaired) electrons. The Hall–Kier alpha value is -3.45. The lowest BCUT2D eigenvalue weighted by Gasteiger charge is -2.03. The topological polar surface area (TPSA) is 93.3 Å². The lowest BCUT2D eigenvalue weighted by Crippen LogP contribution is -2.20. The second kappa shape index (κ2) is 5.78. The first kappa shape index (κ1) is 15.8. The Morgan fingerprint density at radius 3 is 2.74 bits per heavy atom. The van der Waals surface area contributed by atoms with Gasteiger partial charge in [0, 0.05) is 17.3 Å². The summed E-state index contributed by atoms with van der Waals surface area (Å²) in [5.74, 6) is -0.0199. The molecule has 0 aliphatic carbocycles. The number of amides is 1. The van der Waals surface area contributed by atoms with Crippen molar-refractivity contribution in [1.29, 1.82) is 0 Å². The minimum absolute atomic E-state index is 0.00552. The van der Waals surface area contributed by atoms with Gasteiger partial charge in [-0.1, -0.05) is 12.1 Å². The number of carbonyl (C=O) groups excluding carboxylic acids is 1. The smallest absolute Gasteiger partial charge is 0.251 e. The molecule has 4 N–H and O–H groups in total. The second-order valence-electron chi connectivity index (χ2n) is 6.49. The zero-order valence-corrected chi connectivity index (χ0v) is 14.9. The fraction of sp³-hybridized carbons (Fsp3) is 0.0500. The molecule has 2 aromatic carbocycles. The Bertz CT molecular complexity index is 1330. The molecule has 132 valence electrons. The van der Waals surface area contributed by atoms with Gasteiger partial charge in [0.25, 0.3) is 5.91 Å². The van der Waals surface area contributed by atoms with Crippen LogP contribution in [0.25, 0.3) is 23.3 Å². The van der Waals surface area contributed by atoms with Gasteiger partial charge in [0.2, 0.25) is 5.88 Å². The van der Waals surface area contributed by atoms with Crippen LogP contribution in [0.3, 0.4) is 0 Å². The van der Waals surface area contributed by atoms with Crippen LogP contribution < -0.4 is 15.9 Å². The first-order chi connectivity index (χ1) is 13.1. The molecule has 2 aliphatic heterocycles. The Kier molecular flexibility index (Phi) is 3.38. The van der Waals surface area contributed by atoms with Crippen molar-refractivity contribution in [2.24, 2.45) is 4.99 Å². The number of aromatic hydroxyl groups is 1. The van der Waals surface area contributed by atoms with Crippen molar-refractivity contribution in [1.82, 2.24) is 15.3 Å². The van der Waals surface area contributed by atoms with E-state index in [0.29, 0.717) is 17.0 Å². The fourth-order valence-electron chi connectivity index (χ4n) is 3.41. The minimum Gasteiger partial charge on any atom is -0.493 e. The molecule has 27 heavy (non-hydrogen) atoms. The van der Waals surface area contributed by atoms with Crippen LogP contribution in [-0.2, 0) is 6.54 Å². The monoisotopic (exact) mass is 374 g/mol. The molecule has 6 nitrogen and oxygen atoms in total. The molecule has 3 aromatic rings. The summed E-state index contributed by atoms with van der Waals surface area (Å²) in [6.07, 6.45) is 3.70. The number of carbonyl (C=O) groups is 1. The summed E-state index contributed by atoms with van der Waals surface area (Å²) in [5, 5.41) is 14.5. The molecule has 0 bridgehead atoms. The van der Waals surface area contributed by atoms with Crippen LogP contribution in [0.1, 0.15) is 21.6 Å². The molecule has 0 spiro atoms. The number of nitrogens with one attached hydrogen (secondary N) is 3. The molecule has 0 fully saturated rings. The summed E-state index contributed by atoms with van der Waals surface area (Å²) in [7, 11) is 0. The van der Waals surface area contributed by atoms with Gasteiger partial charge in [-0.15, -0.1) is 0 Å². The predicted molar refractivity (Wildman–Crippen MR) is 104 cm³/mol. The third-order valence-corrected chi connectivity index (χ3v) is 4.93. The van der Waals surface area contributed by atoms with Crippen molar-refractivity contribution in [2.75, 3.05) is 0 Å². The van der Waals surface area contributed by atoms with E-state index in [4.69, 9.17) is 12.2 Å². The van der Waals surface area contributed by atoms with Crippen LogP contribution >= 0.6 is 12.2 Å². The van der Waals surface area contributed by atoms with E-state index in [1.165, 1.54) is 0 Å². The standard InChI is InChI=1S/C20H14N4O2S/c25-18-15-3-1-10(6-13(15)9-21-18)11-2-4-16-12(5-11)7-14(22-16)8-17-19(26)24-20(27)23-17/h1-8,26H,9H2,(H,21,25)(H2,23,24,27). The van der Waals surface area contributed by atoms with E-state index >= 15 is 0 Å². The van der Waals surface area contributed by atoms with Gasteiger partial charge in [0.1, 0.15) is 5.69 Å². The first-order valence-electron chi connectivity index (χ1n) is 8.42. The number of hydrogen-bond donors (Lipinski definition) is 4. The van der Waals surface area contributed by atoms with Crippen LogP contribution in [0.2, 0.25) is 0 Å². The number of nitrogens with zero attached hydrogens (tertiary/aromatic N) is 1. The molecule has 0 saturated heterocycles. The Balaban J connectivity index is 1.55. The van der Waals surface area contributed by atoms with Crippen LogP contribution in [-0.4, -0.2) is 21.0 Å². The summed E-state index contributed by atoms with van der Waals surface area (Å²) >= 11 is 4.98. The van der Waals surface area contributed by atoms with Crippen molar-refractivity contribution < 1.29 is 9.90 Å². The number of H-pyrrole nitrogens is 2. The van der Waals surface area contributed by atoms with Crippen LogP contribution in [0, 0.1) is 4.77 Å². The summed E-state index contributed by atoms with van der Waals surface area (Å²) in [5.41, 5.74) is 5.12. The second-order valence-corrected chi connectivity index (χ2v) is 6.90. The van der Waals surface area contributed by atoms with Crippen molar-refractivity contribution >= 4 is 30.3 Å². The number of rotatable bonds is 2. The number of aromatic amines is 2. The number of benzene rings is 2. The summed E-state index contributed by atoms with van der Waals surface area (Å²) in [6.45, 7) is 0.572. The molecule has 0 unspecified atom stereocenters. The largest absolute Gasteiger partial charge is 0.493 e. The van der Waals surface area contributed by atoms with E-state index in [2.05, 4.69) is 32.4 Å². The Morgan fingerprint density at radius 2 is 1.93 bits per heavy atom. The molecule has 1 aromatic heterocycles.